The van der Waals surface area contributed by atoms with Crippen LogP contribution in [-0.4, -0.2) is 27.8 Å². The molecule has 15 heavy (non-hydrogen) atoms. The van der Waals surface area contributed by atoms with Gasteiger partial charge in [-0.15, -0.1) is 0 Å². The van der Waals surface area contributed by atoms with E-state index in [9.17, 15) is 4.79 Å². The van der Waals surface area contributed by atoms with Gasteiger partial charge >= 0.3 is 5.97 Å². The van der Waals surface area contributed by atoms with Gasteiger partial charge in [0.1, 0.15) is 6.10 Å². The van der Waals surface area contributed by atoms with Crippen molar-refractivity contribution < 1.29 is 19.2 Å². The summed E-state index contributed by atoms with van der Waals surface area (Å²) in [6.45, 7) is 4.26. The van der Waals surface area contributed by atoms with Crippen molar-refractivity contribution in [3.05, 3.63) is 11.7 Å². The Morgan fingerprint density at radius 1 is 1.67 bits per heavy atom. The Bertz CT molecular complexity index is 324. The molecule has 6 heteroatoms. The van der Waals surface area contributed by atoms with Gasteiger partial charge in [-0.2, -0.15) is 4.98 Å². The summed E-state index contributed by atoms with van der Waals surface area (Å²) in [5.74, 6) is -0.0937. The highest BCUT2D eigenvalue weighted by atomic mass is 16.5. The van der Waals surface area contributed by atoms with Crippen LogP contribution in [0.4, 0.5) is 0 Å². The molecule has 0 fully saturated rings. The average Bonchev–Trinajstić information content (AvgIpc) is 2.63. The normalized spacial score (nSPS) is 12.7. The first-order valence-electron chi connectivity index (χ1n) is 4.79. The third kappa shape index (κ3) is 3.67. The molecule has 1 aromatic heterocycles. The molecule has 1 atom stereocenters. The molecule has 0 aromatic carbocycles. The Hall–Kier alpha value is -1.43. The first-order chi connectivity index (χ1) is 7.13. The summed E-state index contributed by atoms with van der Waals surface area (Å²) < 4.78 is 10.1. The molecule has 1 aromatic rings. The minimum absolute atomic E-state index is 0.00928. The molecule has 0 aliphatic heterocycles. The summed E-state index contributed by atoms with van der Waals surface area (Å²) in [5.41, 5.74) is 0. The summed E-state index contributed by atoms with van der Waals surface area (Å²) in [6.07, 6.45) is 0.0172. The molecule has 1 unspecified atom stereocenters. The second kappa shape index (κ2) is 5.45. The Balaban J connectivity index is 2.51. The van der Waals surface area contributed by atoms with Crippen LogP contribution in [0.25, 0.3) is 0 Å². The maximum absolute atomic E-state index is 10.3. The van der Waals surface area contributed by atoms with Gasteiger partial charge in [-0.25, -0.2) is 0 Å². The lowest BCUT2D eigenvalue weighted by molar-refractivity contribution is -0.137. The fourth-order valence-electron chi connectivity index (χ4n) is 1.07. The van der Waals surface area contributed by atoms with Crippen LogP contribution in [0.3, 0.4) is 0 Å². The van der Waals surface area contributed by atoms with Crippen molar-refractivity contribution in [1.82, 2.24) is 10.1 Å². The van der Waals surface area contributed by atoms with Crippen molar-refractivity contribution in [2.24, 2.45) is 0 Å². The van der Waals surface area contributed by atoms with Crippen LogP contribution in [0, 0.1) is 0 Å². The van der Waals surface area contributed by atoms with Crippen LogP contribution in [0.15, 0.2) is 4.52 Å². The molecular weight excluding hydrogens is 200 g/mol. The number of hydrogen-bond donors (Lipinski definition) is 1. The van der Waals surface area contributed by atoms with Crippen LogP contribution >= 0.6 is 0 Å². The first kappa shape index (κ1) is 11.6. The van der Waals surface area contributed by atoms with E-state index in [2.05, 4.69) is 10.1 Å². The van der Waals surface area contributed by atoms with Crippen molar-refractivity contribution in [1.29, 1.82) is 0 Å². The number of ether oxygens (including phenoxy) is 1. The van der Waals surface area contributed by atoms with E-state index in [1.165, 1.54) is 0 Å². The third-order valence-electron chi connectivity index (χ3n) is 1.82. The van der Waals surface area contributed by atoms with Crippen LogP contribution in [0.1, 0.15) is 38.1 Å². The maximum atomic E-state index is 10.3. The number of aliphatic carboxylic acids is 1. The zero-order valence-corrected chi connectivity index (χ0v) is 8.77. The van der Waals surface area contributed by atoms with E-state index in [4.69, 9.17) is 14.4 Å². The molecule has 1 N–H and O–H groups in total. The lowest BCUT2D eigenvalue weighted by Gasteiger charge is -2.04. The van der Waals surface area contributed by atoms with Crippen LogP contribution in [0.2, 0.25) is 0 Å². The van der Waals surface area contributed by atoms with Gasteiger partial charge in [0.2, 0.25) is 5.89 Å². The number of carboxylic acids is 1. The largest absolute Gasteiger partial charge is 0.481 e. The predicted molar refractivity (Wildman–Crippen MR) is 50.3 cm³/mol. The number of aryl methyl sites for hydroxylation is 1. The summed E-state index contributed by atoms with van der Waals surface area (Å²) in [6, 6.07) is 0. The van der Waals surface area contributed by atoms with Crippen LogP contribution in [-0.2, 0) is 16.0 Å². The van der Waals surface area contributed by atoms with E-state index in [-0.39, 0.29) is 18.9 Å². The maximum Gasteiger partial charge on any atom is 0.303 e. The highest BCUT2D eigenvalue weighted by molar-refractivity contribution is 5.66. The first-order valence-corrected chi connectivity index (χ1v) is 4.79. The minimum atomic E-state index is -0.882. The Labute approximate surface area is 87.2 Å². The number of carbonyl (C=O) groups is 1. The second-order valence-corrected chi connectivity index (χ2v) is 3.04. The summed E-state index contributed by atoms with van der Waals surface area (Å²) in [7, 11) is 0. The molecule has 0 radical (unpaired) electrons. The van der Waals surface area contributed by atoms with Gasteiger partial charge in [0.25, 0.3) is 0 Å². The SMILES string of the molecule is CCOC(C)c1noc(CCC(=O)O)n1. The minimum Gasteiger partial charge on any atom is -0.481 e. The number of rotatable bonds is 6. The molecule has 0 bridgehead atoms. The molecule has 0 spiro atoms. The van der Waals surface area contributed by atoms with E-state index in [0.29, 0.717) is 18.3 Å². The highest BCUT2D eigenvalue weighted by Crippen LogP contribution is 2.13. The lowest BCUT2D eigenvalue weighted by Crippen LogP contribution is -2.02. The number of hydrogen-bond acceptors (Lipinski definition) is 5. The highest BCUT2D eigenvalue weighted by Gasteiger charge is 2.14. The smallest absolute Gasteiger partial charge is 0.303 e. The molecule has 6 nitrogen and oxygen atoms in total. The number of carboxylic acid groups (broad SMARTS) is 1. The van der Waals surface area contributed by atoms with Gasteiger partial charge in [0, 0.05) is 13.0 Å². The van der Waals surface area contributed by atoms with Gasteiger partial charge in [-0.3, -0.25) is 4.79 Å². The topological polar surface area (TPSA) is 85.5 Å². The summed E-state index contributed by atoms with van der Waals surface area (Å²) in [4.78, 5) is 14.3. The van der Waals surface area contributed by atoms with Crippen molar-refractivity contribution in [3.8, 4) is 0 Å². The van der Waals surface area contributed by atoms with Crippen molar-refractivity contribution in [2.75, 3.05) is 6.61 Å². The van der Waals surface area contributed by atoms with E-state index in [0.717, 1.165) is 0 Å². The lowest BCUT2D eigenvalue weighted by atomic mass is 10.3. The quantitative estimate of drug-likeness (QED) is 0.765. The standard InChI is InChI=1S/C9H14N2O4/c1-3-14-6(2)9-10-7(15-11-9)4-5-8(12)13/h6H,3-5H2,1-2H3,(H,12,13). The monoisotopic (exact) mass is 214 g/mol. The second-order valence-electron chi connectivity index (χ2n) is 3.04. The fourth-order valence-corrected chi connectivity index (χ4v) is 1.07. The zero-order valence-electron chi connectivity index (χ0n) is 8.77. The van der Waals surface area contributed by atoms with Crippen molar-refractivity contribution in [3.63, 3.8) is 0 Å². The molecule has 0 saturated carbocycles. The molecular formula is C9H14N2O4. The van der Waals surface area contributed by atoms with Gasteiger partial charge in [-0.1, -0.05) is 5.16 Å². The fraction of sp³-hybridized carbons (Fsp3) is 0.667. The van der Waals surface area contributed by atoms with E-state index < -0.39 is 5.97 Å². The Morgan fingerprint density at radius 3 is 3.00 bits per heavy atom. The molecule has 0 aliphatic rings. The third-order valence-corrected chi connectivity index (χ3v) is 1.82. The van der Waals surface area contributed by atoms with E-state index >= 15 is 0 Å². The number of aromatic nitrogens is 2. The Kier molecular flexibility index (Phi) is 4.23. The van der Waals surface area contributed by atoms with E-state index in [1.54, 1.807) is 0 Å². The molecule has 0 saturated heterocycles. The molecule has 1 rings (SSSR count). The summed E-state index contributed by atoms with van der Waals surface area (Å²) in [5, 5.41) is 12.2. The predicted octanol–water partition coefficient (Wildman–Crippen LogP) is 1.18. The van der Waals surface area contributed by atoms with Gasteiger partial charge < -0.3 is 14.4 Å². The van der Waals surface area contributed by atoms with Crippen LogP contribution < -0.4 is 0 Å². The van der Waals surface area contributed by atoms with Gasteiger partial charge in [0.15, 0.2) is 5.82 Å². The molecule has 0 amide bonds. The average molecular weight is 214 g/mol. The zero-order chi connectivity index (χ0) is 11.3. The van der Waals surface area contributed by atoms with Crippen molar-refractivity contribution in [2.45, 2.75) is 32.8 Å². The molecule has 1 heterocycles. The van der Waals surface area contributed by atoms with E-state index in [1.807, 2.05) is 13.8 Å². The molecule has 0 aliphatic carbocycles. The van der Waals surface area contributed by atoms with Gasteiger partial charge in [-0.05, 0) is 13.8 Å². The van der Waals surface area contributed by atoms with Gasteiger partial charge in [0.05, 0.1) is 6.42 Å². The molecule has 84 valence electrons. The Morgan fingerprint density at radius 2 is 2.40 bits per heavy atom. The summed E-state index contributed by atoms with van der Waals surface area (Å²) >= 11 is 0. The van der Waals surface area contributed by atoms with Crippen molar-refractivity contribution >= 4 is 5.97 Å². The van der Waals surface area contributed by atoms with Crippen LogP contribution in [0.5, 0.6) is 0 Å². The number of nitrogens with zero attached hydrogens (tertiary/aromatic N) is 2.